The molecular weight excluding hydrogens is 200 g/mol. The highest BCUT2D eigenvalue weighted by molar-refractivity contribution is 5.74. The predicted octanol–water partition coefficient (Wildman–Crippen LogP) is 3.44. The maximum Gasteiger partial charge on any atom is 0.309 e. The third-order valence-corrected chi connectivity index (χ3v) is 3.77. The highest BCUT2D eigenvalue weighted by Crippen LogP contribution is 2.43. The molecule has 2 heteroatoms. The van der Waals surface area contributed by atoms with Gasteiger partial charge < -0.3 is 5.11 Å². The summed E-state index contributed by atoms with van der Waals surface area (Å²) in [5.74, 6) is -0.232. The smallest absolute Gasteiger partial charge is 0.309 e. The molecule has 16 heavy (non-hydrogen) atoms. The molecule has 2 nitrogen and oxygen atoms in total. The van der Waals surface area contributed by atoms with Crippen LogP contribution in [0, 0.1) is 5.41 Å². The van der Waals surface area contributed by atoms with Gasteiger partial charge in [0.25, 0.3) is 0 Å². The van der Waals surface area contributed by atoms with Crippen LogP contribution >= 0.6 is 0 Å². The van der Waals surface area contributed by atoms with Gasteiger partial charge in [0, 0.05) is 0 Å². The maximum absolute atomic E-state index is 11.3. The summed E-state index contributed by atoms with van der Waals surface area (Å²) in [6.45, 7) is 1.88. The van der Waals surface area contributed by atoms with E-state index in [4.69, 9.17) is 0 Å². The summed E-state index contributed by atoms with van der Waals surface area (Å²) < 4.78 is 0. The highest BCUT2D eigenvalue weighted by Gasteiger charge is 2.38. The molecular formula is C14H18O2. The zero-order chi connectivity index (χ0) is 11.6. The Balaban J connectivity index is 2.17. The van der Waals surface area contributed by atoms with E-state index in [2.05, 4.69) is 12.1 Å². The van der Waals surface area contributed by atoms with Gasteiger partial charge in [-0.05, 0) is 37.7 Å². The van der Waals surface area contributed by atoms with Crippen molar-refractivity contribution in [1.29, 1.82) is 0 Å². The van der Waals surface area contributed by atoms with E-state index < -0.39 is 11.4 Å². The molecule has 0 aliphatic heterocycles. The van der Waals surface area contributed by atoms with Gasteiger partial charge in [-0.15, -0.1) is 0 Å². The van der Waals surface area contributed by atoms with Crippen LogP contribution in [-0.4, -0.2) is 11.1 Å². The van der Waals surface area contributed by atoms with Gasteiger partial charge in [-0.1, -0.05) is 36.8 Å². The fourth-order valence-corrected chi connectivity index (χ4v) is 2.69. The molecule has 0 heterocycles. The van der Waals surface area contributed by atoms with Crippen LogP contribution in [0.3, 0.4) is 0 Å². The van der Waals surface area contributed by atoms with Gasteiger partial charge in [-0.3, -0.25) is 4.79 Å². The number of rotatable bonds is 2. The van der Waals surface area contributed by atoms with Gasteiger partial charge in [-0.2, -0.15) is 0 Å². The van der Waals surface area contributed by atoms with E-state index in [1.54, 1.807) is 0 Å². The third kappa shape index (κ3) is 2.11. The Morgan fingerprint density at radius 2 is 2.06 bits per heavy atom. The average Bonchev–Trinajstić information content (AvgIpc) is 2.30. The number of carboxylic acid groups (broad SMARTS) is 1. The standard InChI is InChI=1S/C14H18O2/c1-14(13(15)16)9-5-8-12(10-14)11-6-3-2-4-7-11/h2-4,6-7,12H,5,8-10H2,1H3,(H,15,16)/t12-,14-/m1/s1. The van der Waals surface area contributed by atoms with Crippen LogP contribution in [0.2, 0.25) is 0 Å². The number of benzene rings is 1. The Bertz CT molecular complexity index is 372. The van der Waals surface area contributed by atoms with E-state index in [0.717, 1.165) is 25.7 Å². The fraction of sp³-hybridized carbons (Fsp3) is 0.500. The lowest BCUT2D eigenvalue weighted by molar-refractivity contribution is -0.150. The topological polar surface area (TPSA) is 37.3 Å². The van der Waals surface area contributed by atoms with Crippen LogP contribution in [0.5, 0.6) is 0 Å². The highest BCUT2D eigenvalue weighted by atomic mass is 16.4. The van der Waals surface area contributed by atoms with E-state index in [9.17, 15) is 9.90 Å². The van der Waals surface area contributed by atoms with Crippen molar-refractivity contribution in [2.24, 2.45) is 5.41 Å². The molecule has 1 fully saturated rings. The summed E-state index contributed by atoms with van der Waals surface area (Å²) in [6.07, 6.45) is 3.72. The molecule has 1 N–H and O–H groups in total. The summed E-state index contributed by atoms with van der Waals surface area (Å²) in [5.41, 5.74) is 0.758. The van der Waals surface area contributed by atoms with E-state index in [0.29, 0.717) is 5.92 Å². The molecule has 1 saturated carbocycles. The average molecular weight is 218 g/mol. The molecule has 0 bridgehead atoms. The second kappa shape index (κ2) is 4.28. The molecule has 1 aromatic rings. The molecule has 0 radical (unpaired) electrons. The zero-order valence-corrected chi connectivity index (χ0v) is 9.65. The minimum Gasteiger partial charge on any atom is -0.481 e. The van der Waals surface area contributed by atoms with Gasteiger partial charge in [0.15, 0.2) is 0 Å². The molecule has 1 aliphatic rings. The number of aliphatic carboxylic acids is 1. The molecule has 1 aliphatic carbocycles. The SMILES string of the molecule is C[C@@]1(C(=O)O)CCC[C@@H](c2ccccc2)C1. The van der Waals surface area contributed by atoms with Gasteiger partial charge in [0.05, 0.1) is 5.41 Å². The van der Waals surface area contributed by atoms with E-state index >= 15 is 0 Å². The molecule has 0 spiro atoms. The second-order valence-corrected chi connectivity index (χ2v) is 5.07. The Morgan fingerprint density at radius 3 is 2.69 bits per heavy atom. The fourth-order valence-electron chi connectivity index (χ4n) is 2.69. The van der Waals surface area contributed by atoms with Crippen LogP contribution in [0.15, 0.2) is 30.3 Å². The number of hydrogen-bond donors (Lipinski definition) is 1. The Hall–Kier alpha value is -1.31. The molecule has 0 amide bonds. The molecule has 2 rings (SSSR count). The minimum atomic E-state index is -0.645. The molecule has 2 atom stereocenters. The first-order valence-electron chi connectivity index (χ1n) is 5.90. The number of carbonyl (C=O) groups is 1. The number of carboxylic acids is 1. The molecule has 86 valence electrons. The van der Waals surface area contributed by atoms with Gasteiger partial charge >= 0.3 is 5.97 Å². The first-order chi connectivity index (χ1) is 7.62. The van der Waals surface area contributed by atoms with Crippen LogP contribution in [0.25, 0.3) is 0 Å². The lowest BCUT2D eigenvalue weighted by Crippen LogP contribution is -2.32. The second-order valence-electron chi connectivity index (χ2n) is 5.07. The maximum atomic E-state index is 11.3. The first kappa shape index (κ1) is 11.2. The largest absolute Gasteiger partial charge is 0.481 e. The van der Waals surface area contributed by atoms with E-state index in [1.165, 1.54) is 5.56 Å². The summed E-state index contributed by atoms with van der Waals surface area (Å²) in [4.78, 5) is 11.3. The molecule has 0 unspecified atom stereocenters. The third-order valence-electron chi connectivity index (χ3n) is 3.77. The van der Waals surface area contributed by atoms with Crippen molar-refractivity contribution < 1.29 is 9.90 Å². The van der Waals surface area contributed by atoms with E-state index in [-0.39, 0.29) is 0 Å². The van der Waals surface area contributed by atoms with Crippen LogP contribution in [-0.2, 0) is 4.79 Å². The Labute approximate surface area is 96.3 Å². The van der Waals surface area contributed by atoms with Crippen molar-refractivity contribution in [3.63, 3.8) is 0 Å². The minimum absolute atomic E-state index is 0.413. The summed E-state index contributed by atoms with van der Waals surface area (Å²) >= 11 is 0. The van der Waals surface area contributed by atoms with Crippen LogP contribution in [0.1, 0.15) is 44.1 Å². The quantitative estimate of drug-likeness (QED) is 0.825. The lowest BCUT2D eigenvalue weighted by atomic mass is 9.69. The van der Waals surface area contributed by atoms with Crippen LogP contribution in [0.4, 0.5) is 0 Å². The van der Waals surface area contributed by atoms with Gasteiger partial charge in [-0.25, -0.2) is 0 Å². The predicted molar refractivity (Wildman–Crippen MR) is 63.4 cm³/mol. The Kier molecular flexibility index (Phi) is 2.99. The monoisotopic (exact) mass is 218 g/mol. The first-order valence-corrected chi connectivity index (χ1v) is 5.90. The van der Waals surface area contributed by atoms with Crippen molar-refractivity contribution >= 4 is 5.97 Å². The van der Waals surface area contributed by atoms with Crippen LogP contribution < -0.4 is 0 Å². The van der Waals surface area contributed by atoms with E-state index in [1.807, 2.05) is 25.1 Å². The van der Waals surface area contributed by atoms with Crippen molar-refractivity contribution in [2.45, 2.75) is 38.5 Å². The normalized spacial score (nSPS) is 29.9. The van der Waals surface area contributed by atoms with Crippen molar-refractivity contribution in [3.05, 3.63) is 35.9 Å². The molecule has 0 aromatic heterocycles. The molecule has 0 saturated heterocycles. The Morgan fingerprint density at radius 1 is 1.38 bits per heavy atom. The summed E-state index contributed by atoms with van der Waals surface area (Å²) in [7, 11) is 0. The van der Waals surface area contributed by atoms with Crippen molar-refractivity contribution in [1.82, 2.24) is 0 Å². The van der Waals surface area contributed by atoms with Crippen molar-refractivity contribution in [3.8, 4) is 0 Å². The molecule has 1 aromatic carbocycles. The zero-order valence-electron chi connectivity index (χ0n) is 9.65. The van der Waals surface area contributed by atoms with Crippen molar-refractivity contribution in [2.75, 3.05) is 0 Å². The lowest BCUT2D eigenvalue weighted by Gasteiger charge is -2.35. The van der Waals surface area contributed by atoms with Gasteiger partial charge in [0.1, 0.15) is 0 Å². The summed E-state index contributed by atoms with van der Waals surface area (Å²) in [5, 5.41) is 9.26. The number of hydrogen-bond acceptors (Lipinski definition) is 1. The van der Waals surface area contributed by atoms with Gasteiger partial charge in [0.2, 0.25) is 0 Å². The summed E-state index contributed by atoms with van der Waals surface area (Å²) in [6, 6.07) is 10.3.